The highest BCUT2D eigenvalue weighted by molar-refractivity contribution is 5.76. The largest absolute Gasteiger partial charge is 0.302 e. The number of alkyl halides is 2. The van der Waals surface area contributed by atoms with Crippen LogP contribution in [0.4, 0.5) is 13.2 Å². The van der Waals surface area contributed by atoms with E-state index in [9.17, 15) is 18.0 Å². The van der Waals surface area contributed by atoms with E-state index in [0.717, 1.165) is 6.07 Å². The van der Waals surface area contributed by atoms with E-state index in [-0.39, 0.29) is 11.8 Å². The Morgan fingerprint density at radius 3 is 2.29 bits per heavy atom. The summed E-state index contributed by atoms with van der Waals surface area (Å²) in [5, 5.41) is 0. The van der Waals surface area contributed by atoms with Crippen LogP contribution in [0.1, 0.15) is 12.0 Å². The standard InChI is InChI=1S/C10H7F3O/c11-8-4-2-1-3-7(8)9(6-14)5-10(9,12)13/h1-4,6H,5H2. The third kappa shape index (κ3) is 0.997. The molecule has 1 nitrogen and oxygen atoms in total. The van der Waals surface area contributed by atoms with E-state index >= 15 is 0 Å². The summed E-state index contributed by atoms with van der Waals surface area (Å²) in [6.45, 7) is 0. The highest BCUT2D eigenvalue weighted by Crippen LogP contribution is 2.60. The summed E-state index contributed by atoms with van der Waals surface area (Å²) < 4.78 is 39.0. The molecule has 14 heavy (non-hydrogen) atoms. The molecule has 1 fully saturated rings. The van der Waals surface area contributed by atoms with Gasteiger partial charge in [0.2, 0.25) is 0 Å². The molecule has 1 aromatic carbocycles. The molecule has 1 atom stereocenters. The lowest BCUT2D eigenvalue weighted by molar-refractivity contribution is -0.112. The summed E-state index contributed by atoms with van der Waals surface area (Å²) in [5.74, 6) is -3.85. The van der Waals surface area contributed by atoms with Crippen molar-refractivity contribution in [2.24, 2.45) is 0 Å². The summed E-state index contributed by atoms with van der Waals surface area (Å²) in [6, 6.07) is 5.15. The maximum absolute atomic E-state index is 13.2. The SMILES string of the molecule is O=CC1(c2ccccc2F)CC1(F)F. The van der Waals surface area contributed by atoms with Crippen molar-refractivity contribution < 1.29 is 18.0 Å². The number of carbonyl (C=O) groups is 1. The smallest absolute Gasteiger partial charge is 0.266 e. The molecule has 4 heteroatoms. The fourth-order valence-electron chi connectivity index (χ4n) is 1.61. The van der Waals surface area contributed by atoms with E-state index < -0.39 is 23.6 Å². The van der Waals surface area contributed by atoms with E-state index in [2.05, 4.69) is 0 Å². The van der Waals surface area contributed by atoms with Gasteiger partial charge in [-0.3, -0.25) is 0 Å². The zero-order valence-corrected chi connectivity index (χ0v) is 7.14. The molecule has 0 N–H and O–H groups in total. The van der Waals surface area contributed by atoms with Crippen LogP contribution in [-0.2, 0) is 10.2 Å². The molecular formula is C10H7F3O. The van der Waals surface area contributed by atoms with Gasteiger partial charge in [-0.05, 0) is 6.07 Å². The number of rotatable bonds is 2. The number of halogens is 3. The monoisotopic (exact) mass is 200 g/mol. The Kier molecular flexibility index (Phi) is 1.71. The molecule has 1 unspecified atom stereocenters. The molecule has 0 radical (unpaired) electrons. The zero-order valence-electron chi connectivity index (χ0n) is 7.14. The molecule has 0 saturated heterocycles. The van der Waals surface area contributed by atoms with Gasteiger partial charge in [-0.25, -0.2) is 13.2 Å². The summed E-state index contributed by atoms with van der Waals surface area (Å²) >= 11 is 0. The molecule has 1 saturated carbocycles. The maximum Gasteiger partial charge on any atom is 0.266 e. The Morgan fingerprint density at radius 1 is 1.29 bits per heavy atom. The summed E-state index contributed by atoms with van der Waals surface area (Å²) in [5.41, 5.74) is -2.13. The molecule has 0 aromatic heterocycles. The van der Waals surface area contributed by atoms with E-state index in [0.29, 0.717) is 0 Å². The van der Waals surface area contributed by atoms with Crippen LogP contribution in [0.25, 0.3) is 0 Å². The molecular weight excluding hydrogens is 193 g/mol. The van der Waals surface area contributed by atoms with E-state index in [4.69, 9.17) is 0 Å². The van der Waals surface area contributed by atoms with Gasteiger partial charge in [-0.15, -0.1) is 0 Å². The Labute approximate surface area is 78.5 Å². The van der Waals surface area contributed by atoms with E-state index in [1.54, 1.807) is 0 Å². The lowest BCUT2D eigenvalue weighted by Gasteiger charge is -2.09. The van der Waals surface area contributed by atoms with Crippen LogP contribution in [0.2, 0.25) is 0 Å². The van der Waals surface area contributed by atoms with Crippen molar-refractivity contribution in [1.29, 1.82) is 0 Å². The first-order valence-corrected chi connectivity index (χ1v) is 4.13. The van der Waals surface area contributed by atoms with Gasteiger partial charge in [0.25, 0.3) is 5.92 Å². The summed E-state index contributed by atoms with van der Waals surface area (Å²) in [6.07, 6.45) is -0.449. The van der Waals surface area contributed by atoms with Crippen LogP contribution in [0.3, 0.4) is 0 Å². The number of carbonyl (C=O) groups excluding carboxylic acids is 1. The third-order valence-electron chi connectivity index (χ3n) is 2.58. The second-order valence-electron chi connectivity index (χ2n) is 3.45. The molecule has 2 rings (SSSR count). The number of hydrogen-bond donors (Lipinski definition) is 0. The Hall–Kier alpha value is -1.32. The number of hydrogen-bond acceptors (Lipinski definition) is 1. The van der Waals surface area contributed by atoms with Crippen molar-refractivity contribution in [2.45, 2.75) is 17.8 Å². The quantitative estimate of drug-likeness (QED) is 0.669. The van der Waals surface area contributed by atoms with Crippen LogP contribution in [0, 0.1) is 5.82 Å². The first-order valence-electron chi connectivity index (χ1n) is 4.13. The van der Waals surface area contributed by atoms with Gasteiger partial charge in [-0.1, -0.05) is 18.2 Å². The fourth-order valence-corrected chi connectivity index (χ4v) is 1.61. The Balaban J connectivity index is 2.51. The van der Waals surface area contributed by atoms with Crippen LogP contribution in [0.5, 0.6) is 0 Å². The first-order chi connectivity index (χ1) is 6.53. The van der Waals surface area contributed by atoms with Gasteiger partial charge >= 0.3 is 0 Å². The predicted octanol–water partition coefficient (Wildman–Crippen LogP) is 2.30. The third-order valence-corrected chi connectivity index (χ3v) is 2.58. The minimum atomic E-state index is -3.10. The lowest BCUT2D eigenvalue weighted by atomic mass is 9.96. The van der Waals surface area contributed by atoms with E-state index in [1.807, 2.05) is 0 Å². The van der Waals surface area contributed by atoms with Gasteiger partial charge in [0.05, 0.1) is 0 Å². The van der Waals surface area contributed by atoms with Gasteiger partial charge in [0.15, 0.2) is 0 Å². The second kappa shape index (κ2) is 2.59. The molecule has 0 bridgehead atoms. The topological polar surface area (TPSA) is 17.1 Å². The van der Waals surface area contributed by atoms with Gasteiger partial charge < -0.3 is 4.79 Å². The normalized spacial score (nSPS) is 28.5. The van der Waals surface area contributed by atoms with Crippen LogP contribution >= 0.6 is 0 Å². The Bertz CT molecular complexity index is 389. The van der Waals surface area contributed by atoms with Crippen molar-refractivity contribution in [3.05, 3.63) is 35.6 Å². The van der Waals surface area contributed by atoms with Crippen molar-refractivity contribution >= 4 is 6.29 Å². The van der Waals surface area contributed by atoms with Crippen LogP contribution < -0.4 is 0 Å². The van der Waals surface area contributed by atoms with Gasteiger partial charge in [0, 0.05) is 12.0 Å². The summed E-state index contributed by atoms with van der Waals surface area (Å²) in [7, 11) is 0. The average molecular weight is 200 g/mol. The lowest BCUT2D eigenvalue weighted by Crippen LogP contribution is -2.19. The predicted molar refractivity (Wildman–Crippen MR) is 43.7 cm³/mol. The van der Waals surface area contributed by atoms with E-state index in [1.165, 1.54) is 18.2 Å². The van der Waals surface area contributed by atoms with Crippen LogP contribution in [-0.4, -0.2) is 12.2 Å². The van der Waals surface area contributed by atoms with Crippen molar-refractivity contribution in [3.63, 3.8) is 0 Å². The fraction of sp³-hybridized carbons (Fsp3) is 0.300. The van der Waals surface area contributed by atoms with Gasteiger partial charge in [0.1, 0.15) is 17.5 Å². The average Bonchev–Trinajstić information content (AvgIpc) is 2.70. The summed E-state index contributed by atoms with van der Waals surface area (Å²) in [4.78, 5) is 10.6. The molecule has 0 spiro atoms. The van der Waals surface area contributed by atoms with Crippen molar-refractivity contribution in [2.75, 3.05) is 0 Å². The minimum absolute atomic E-state index is 0.144. The highest BCUT2D eigenvalue weighted by Gasteiger charge is 2.73. The molecule has 0 heterocycles. The van der Waals surface area contributed by atoms with Crippen molar-refractivity contribution in [3.8, 4) is 0 Å². The Morgan fingerprint density at radius 2 is 1.86 bits per heavy atom. The second-order valence-corrected chi connectivity index (χ2v) is 3.45. The molecule has 0 amide bonds. The maximum atomic E-state index is 13.2. The first kappa shape index (κ1) is 9.24. The molecule has 1 aromatic rings. The molecule has 0 aliphatic heterocycles. The molecule has 74 valence electrons. The molecule has 1 aliphatic carbocycles. The number of benzene rings is 1. The molecule has 1 aliphatic rings. The van der Waals surface area contributed by atoms with Crippen LogP contribution in [0.15, 0.2) is 24.3 Å². The van der Waals surface area contributed by atoms with Crippen molar-refractivity contribution in [1.82, 2.24) is 0 Å². The highest BCUT2D eigenvalue weighted by atomic mass is 19.3. The zero-order chi connectivity index (χ0) is 10.4. The van der Waals surface area contributed by atoms with Gasteiger partial charge in [-0.2, -0.15) is 0 Å². The minimum Gasteiger partial charge on any atom is -0.302 e. The number of aldehydes is 1.